The maximum absolute atomic E-state index is 8.85. The highest BCUT2D eigenvalue weighted by Gasteiger charge is 2.26. The highest BCUT2D eigenvalue weighted by molar-refractivity contribution is 6.36. The van der Waals surface area contributed by atoms with Crippen molar-refractivity contribution in [2.75, 3.05) is 31.1 Å². The van der Waals surface area contributed by atoms with E-state index in [1.54, 1.807) is 12.3 Å². The number of halogens is 2. The van der Waals surface area contributed by atoms with Crippen LogP contribution in [-0.4, -0.2) is 53.1 Å². The van der Waals surface area contributed by atoms with E-state index in [2.05, 4.69) is 19.9 Å². The average Bonchev–Trinajstić information content (AvgIpc) is 2.49. The maximum atomic E-state index is 8.85. The Bertz CT molecular complexity index is 517. The fourth-order valence-electron chi connectivity index (χ4n) is 2.61. The van der Waals surface area contributed by atoms with Gasteiger partial charge in [-0.15, -0.1) is 0 Å². The molecule has 1 saturated heterocycles. The molecule has 1 fully saturated rings. The van der Waals surface area contributed by atoms with E-state index in [1.165, 1.54) is 0 Å². The Morgan fingerprint density at radius 1 is 1.43 bits per heavy atom. The molecule has 1 aliphatic heterocycles. The van der Waals surface area contributed by atoms with Crippen molar-refractivity contribution < 1.29 is 5.21 Å². The minimum absolute atomic E-state index is 0.0363. The Balaban J connectivity index is 2.03. The van der Waals surface area contributed by atoms with Crippen LogP contribution in [0.5, 0.6) is 0 Å². The summed E-state index contributed by atoms with van der Waals surface area (Å²) in [7, 11) is 0. The lowest BCUT2D eigenvalue weighted by molar-refractivity contribution is 0.215. The first-order valence-electron chi connectivity index (χ1n) is 6.84. The van der Waals surface area contributed by atoms with E-state index in [4.69, 9.17) is 34.1 Å². The summed E-state index contributed by atoms with van der Waals surface area (Å²) in [5.41, 5.74) is 5.74. The predicted octanol–water partition coefficient (Wildman–Crippen LogP) is 2.04. The number of hydrogen-bond acceptors (Lipinski definition) is 5. The molecule has 6 nitrogen and oxygen atoms in total. The van der Waals surface area contributed by atoms with Crippen molar-refractivity contribution in [2.45, 2.75) is 19.4 Å². The number of nitrogens with two attached hydrogens (primary N) is 1. The highest BCUT2D eigenvalue weighted by atomic mass is 35.5. The van der Waals surface area contributed by atoms with E-state index in [1.807, 2.05) is 6.92 Å². The molecule has 0 amide bonds. The Labute approximate surface area is 134 Å². The molecule has 0 spiro atoms. The molecule has 0 bridgehead atoms. The quantitative estimate of drug-likeness (QED) is 0.382. The standard InChI is InChI=1S/C13H19Cl2N5O/c1-2-11(12(16)18-21)19-3-5-20(6-4-19)13-10(15)7-9(14)8-17-13/h7-8,11,21H,2-6H2,1H3,(H2,16,18). The second kappa shape index (κ2) is 7.15. The summed E-state index contributed by atoms with van der Waals surface area (Å²) >= 11 is 12.1. The molecule has 1 aliphatic rings. The number of aromatic nitrogens is 1. The van der Waals surface area contributed by atoms with Crippen molar-refractivity contribution in [3.8, 4) is 0 Å². The number of rotatable bonds is 4. The first-order valence-corrected chi connectivity index (χ1v) is 7.59. The molecule has 1 aromatic rings. The molecule has 1 atom stereocenters. The third kappa shape index (κ3) is 3.70. The van der Waals surface area contributed by atoms with Crippen molar-refractivity contribution >= 4 is 34.9 Å². The van der Waals surface area contributed by atoms with Crippen LogP contribution in [0.1, 0.15) is 13.3 Å². The van der Waals surface area contributed by atoms with Gasteiger partial charge in [0.2, 0.25) is 0 Å². The fourth-order valence-corrected chi connectivity index (χ4v) is 3.11. The molecule has 21 heavy (non-hydrogen) atoms. The molecule has 0 radical (unpaired) electrons. The van der Waals surface area contributed by atoms with Crippen LogP contribution in [0.4, 0.5) is 5.82 Å². The summed E-state index contributed by atoms with van der Waals surface area (Å²) < 4.78 is 0. The molecule has 1 unspecified atom stereocenters. The van der Waals surface area contributed by atoms with Crippen molar-refractivity contribution in [2.24, 2.45) is 10.9 Å². The summed E-state index contributed by atoms with van der Waals surface area (Å²) in [5.74, 6) is 1.01. The SMILES string of the molecule is CCC(C(N)=NO)N1CCN(c2ncc(Cl)cc2Cl)CC1. The zero-order valence-electron chi connectivity index (χ0n) is 11.8. The largest absolute Gasteiger partial charge is 0.409 e. The topological polar surface area (TPSA) is 78.0 Å². The van der Waals surface area contributed by atoms with Crippen LogP contribution in [0.15, 0.2) is 17.4 Å². The summed E-state index contributed by atoms with van der Waals surface area (Å²) in [5, 5.41) is 13.1. The molecule has 3 N–H and O–H groups in total. The van der Waals surface area contributed by atoms with Gasteiger partial charge in [0.1, 0.15) is 5.82 Å². The third-order valence-corrected chi connectivity index (χ3v) is 4.17. The van der Waals surface area contributed by atoms with Gasteiger partial charge >= 0.3 is 0 Å². The molecular formula is C13H19Cl2N5O. The number of piperazine rings is 1. The monoisotopic (exact) mass is 331 g/mol. The van der Waals surface area contributed by atoms with Crippen LogP contribution in [-0.2, 0) is 0 Å². The van der Waals surface area contributed by atoms with Gasteiger partial charge in [0.15, 0.2) is 5.84 Å². The highest BCUT2D eigenvalue weighted by Crippen LogP contribution is 2.27. The molecule has 2 rings (SSSR count). The zero-order valence-corrected chi connectivity index (χ0v) is 13.3. The van der Waals surface area contributed by atoms with E-state index in [-0.39, 0.29) is 11.9 Å². The predicted molar refractivity (Wildman–Crippen MR) is 85.5 cm³/mol. The lowest BCUT2D eigenvalue weighted by atomic mass is 10.1. The van der Waals surface area contributed by atoms with Gasteiger partial charge in [-0.2, -0.15) is 0 Å². The first kappa shape index (κ1) is 16.1. The van der Waals surface area contributed by atoms with Crippen LogP contribution in [0, 0.1) is 0 Å². The minimum Gasteiger partial charge on any atom is -0.409 e. The van der Waals surface area contributed by atoms with Gasteiger partial charge in [-0.05, 0) is 12.5 Å². The summed E-state index contributed by atoms with van der Waals surface area (Å²) in [6.07, 6.45) is 2.40. The van der Waals surface area contributed by atoms with Crippen LogP contribution < -0.4 is 10.6 Å². The van der Waals surface area contributed by atoms with E-state index in [0.29, 0.717) is 10.0 Å². The van der Waals surface area contributed by atoms with Crippen molar-refractivity contribution in [3.63, 3.8) is 0 Å². The number of hydrogen-bond donors (Lipinski definition) is 2. The summed E-state index contributed by atoms with van der Waals surface area (Å²) in [6, 6.07) is 1.66. The van der Waals surface area contributed by atoms with E-state index in [0.717, 1.165) is 38.4 Å². The minimum atomic E-state index is -0.0363. The first-order chi connectivity index (χ1) is 10.1. The molecular weight excluding hydrogens is 313 g/mol. The molecule has 0 aromatic carbocycles. The Hall–Kier alpha value is -1.24. The maximum Gasteiger partial charge on any atom is 0.156 e. The zero-order chi connectivity index (χ0) is 15.4. The normalized spacial score (nSPS) is 18.8. The second-order valence-corrected chi connectivity index (χ2v) is 5.77. The number of oxime groups is 1. The molecule has 0 aliphatic carbocycles. The molecule has 2 heterocycles. The lowest BCUT2D eigenvalue weighted by Gasteiger charge is -2.39. The van der Waals surface area contributed by atoms with Crippen LogP contribution in [0.2, 0.25) is 10.0 Å². The average molecular weight is 332 g/mol. The fraction of sp³-hybridized carbons (Fsp3) is 0.538. The number of anilines is 1. The van der Waals surface area contributed by atoms with Gasteiger partial charge in [0, 0.05) is 32.4 Å². The van der Waals surface area contributed by atoms with E-state index >= 15 is 0 Å². The summed E-state index contributed by atoms with van der Waals surface area (Å²) in [6.45, 7) is 5.19. The van der Waals surface area contributed by atoms with Crippen molar-refractivity contribution in [1.82, 2.24) is 9.88 Å². The molecule has 116 valence electrons. The Kier molecular flexibility index (Phi) is 5.50. The van der Waals surface area contributed by atoms with Gasteiger partial charge in [-0.25, -0.2) is 4.98 Å². The Morgan fingerprint density at radius 2 is 2.10 bits per heavy atom. The van der Waals surface area contributed by atoms with Gasteiger partial charge < -0.3 is 15.8 Å². The summed E-state index contributed by atoms with van der Waals surface area (Å²) in [4.78, 5) is 8.62. The van der Waals surface area contributed by atoms with Crippen LogP contribution >= 0.6 is 23.2 Å². The molecule has 0 saturated carbocycles. The van der Waals surface area contributed by atoms with Crippen molar-refractivity contribution in [3.05, 3.63) is 22.3 Å². The number of nitrogens with zero attached hydrogens (tertiary/aromatic N) is 4. The van der Waals surface area contributed by atoms with Gasteiger partial charge in [0.05, 0.1) is 16.1 Å². The Morgan fingerprint density at radius 3 is 2.62 bits per heavy atom. The van der Waals surface area contributed by atoms with Gasteiger partial charge in [-0.1, -0.05) is 35.3 Å². The van der Waals surface area contributed by atoms with Crippen LogP contribution in [0.3, 0.4) is 0 Å². The number of pyridine rings is 1. The number of amidine groups is 1. The van der Waals surface area contributed by atoms with E-state index < -0.39 is 0 Å². The smallest absolute Gasteiger partial charge is 0.156 e. The van der Waals surface area contributed by atoms with Gasteiger partial charge in [0.25, 0.3) is 0 Å². The van der Waals surface area contributed by atoms with E-state index in [9.17, 15) is 0 Å². The molecule has 8 heteroatoms. The van der Waals surface area contributed by atoms with Crippen LogP contribution in [0.25, 0.3) is 0 Å². The van der Waals surface area contributed by atoms with Gasteiger partial charge in [-0.3, -0.25) is 4.90 Å². The molecule has 1 aromatic heterocycles. The lowest BCUT2D eigenvalue weighted by Crippen LogP contribution is -2.54. The third-order valence-electron chi connectivity index (χ3n) is 3.69. The second-order valence-electron chi connectivity index (χ2n) is 4.93. The van der Waals surface area contributed by atoms with Crippen molar-refractivity contribution in [1.29, 1.82) is 0 Å².